The first-order valence-corrected chi connectivity index (χ1v) is 10.2. The number of aryl methyl sites for hydroxylation is 2. The predicted octanol–water partition coefficient (Wildman–Crippen LogP) is 7.81. The monoisotopic (exact) mass is 374 g/mol. The topological polar surface area (TPSA) is 9.23 Å². The zero-order valence-electron chi connectivity index (χ0n) is 16.6. The molecule has 2 rings (SSSR count). The molecule has 0 aliphatic rings. The van der Waals surface area contributed by atoms with E-state index in [-0.39, 0.29) is 11.3 Å². The Bertz CT molecular complexity index is 647. The van der Waals surface area contributed by atoms with Gasteiger partial charge in [0.1, 0.15) is 5.75 Å². The van der Waals surface area contributed by atoms with Crippen molar-refractivity contribution in [2.75, 3.05) is 0 Å². The molecule has 0 heterocycles. The summed E-state index contributed by atoms with van der Waals surface area (Å²) in [4.78, 5) is 0. The fourth-order valence-corrected chi connectivity index (χ4v) is 3.14. The lowest BCUT2D eigenvalue weighted by Gasteiger charge is -2.18. The van der Waals surface area contributed by atoms with E-state index in [1.165, 1.54) is 62.6 Å². The Morgan fingerprint density at radius 3 is 1.89 bits per heavy atom. The molecule has 3 heteroatoms. The summed E-state index contributed by atoms with van der Waals surface area (Å²) in [5.74, 6) is 0.195. The van der Waals surface area contributed by atoms with Gasteiger partial charge in [-0.05, 0) is 49.6 Å². The number of halogens is 2. The summed E-state index contributed by atoms with van der Waals surface area (Å²) in [5.41, 5.74) is 1.99. The summed E-state index contributed by atoms with van der Waals surface area (Å²) in [6.07, 6.45) is 7.98. The van der Waals surface area contributed by atoms with Crippen molar-refractivity contribution < 1.29 is 13.5 Å². The van der Waals surface area contributed by atoms with Crippen LogP contribution < -0.4 is 4.74 Å². The summed E-state index contributed by atoms with van der Waals surface area (Å²) in [6, 6.07) is 13.2. The first-order chi connectivity index (χ1) is 13.0. The molecule has 0 radical (unpaired) electrons. The molecule has 2 aromatic carbocycles. The van der Waals surface area contributed by atoms with Crippen LogP contribution in [-0.2, 0) is 12.5 Å². The van der Waals surface area contributed by atoms with Crippen molar-refractivity contribution in [3.05, 3.63) is 65.2 Å². The minimum atomic E-state index is -3.33. The summed E-state index contributed by atoms with van der Waals surface area (Å²) < 4.78 is 33.4. The average Bonchev–Trinajstić information content (AvgIpc) is 2.65. The van der Waals surface area contributed by atoms with Gasteiger partial charge in [0.05, 0.1) is 5.56 Å². The van der Waals surface area contributed by atoms with Crippen molar-refractivity contribution in [1.82, 2.24) is 0 Å². The van der Waals surface area contributed by atoms with Gasteiger partial charge < -0.3 is 4.74 Å². The standard InChI is InChI=1S/C24H32F2O/c1-3-4-5-6-7-8-9-10-11-21-14-18-23(19-15-21)27-24(25,26)22-16-12-20(2)13-17-22/h12-19H,3-11H2,1-2H3. The van der Waals surface area contributed by atoms with Gasteiger partial charge >= 0.3 is 6.11 Å². The molecule has 0 unspecified atom stereocenters. The Kier molecular flexibility index (Phi) is 8.77. The van der Waals surface area contributed by atoms with Crippen LogP contribution in [0.2, 0.25) is 0 Å². The summed E-state index contributed by atoms with van der Waals surface area (Å²) >= 11 is 0. The summed E-state index contributed by atoms with van der Waals surface area (Å²) in [7, 11) is 0. The number of hydrogen-bond acceptors (Lipinski definition) is 1. The molecule has 0 fully saturated rings. The van der Waals surface area contributed by atoms with Gasteiger partial charge in [0, 0.05) is 0 Å². The van der Waals surface area contributed by atoms with Gasteiger partial charge in [-0.15, -0.1) is 0 Å². The van der Waals surface area contributed by atoms with E-state index in [1.54, 1.807) is 24.3 Å². The third-order valence-electron chi connectivity index (χ3n) is 4.88. The second-order valence-electron chi connectivity index (χ2n) is 7.35. The number of alkyl halides is 2. The van der Waals surface area contributed by atoms with E-state index in [9.17, 15) is 8.78 Å². The van der Waals surface area contributed by atoms with E-state index in [2.05, 4.69) is 6.92 Å². The lowest BCUT2D eigenvalue weighted by Crippen LogP contribution is -2.21. The smallest absolute Gasteiger partial charge is 0.426 e. The summed E-state index contributed by atoms with van der Waals surface area (Å²) in [6.45, 7) is 4.11. The molecule has 0 saturated carbocycles. The maximum atomic E-state index is 14.3. The van der Waals surface area contributed by atoms with Crippen LogP contribution in [0.1, 0.15) is 75.0 Å². The van der Waals surface area contributed by atoms with Gasteiger partial charge in [-0.3, -0.25) is 0 Å². The lowest BCUT2D eigenvalue weighted by atomic mass is 10.0. The van der Waals surface area contributed by atoms with E-state index < -0.39 is 6.11 Å². The van der Waals surface area contributed by atoms with E-state index >= 15 is 0 Å². The SMILES string of the molecule is CCCCCCCCCCc1ccc(OC(F)(F)c2ccc(C)cc2)cc1. The van der Waals surface area contributed by atoms with Gasteiger partial charge in [-0.1, -0.05) is 81.7 Å². The highest BCUT2D eigenvalue weighted by atomic mass is 19.3. The first kappa shape index (κ1) is 21.4. The van der Waals surface area contributed by atoms with Crippen molar-refractivity contribution in [3.63, 3.8) is 0 Å². The Hall–Kier alpha value is -1.90. The second kappa shape index (κ2) is 11.1. The fraction of sp³-hybridized carbons (Fsp3) is 0.500. The Labute approximate surface area is 162 Å². The zero-order valence-corrected chi connectivity index (χ0v) is 16.6. The maximum absolute atomic E-state index is 14.3. The Morgan fingerprint density at radius 1 is 0.741 bits per heavy atom. The highest BCUT2D eigenvalue weighted by molar-refractivity contribution is 5.29. The first-order valence-electron chi connectivity index (χ1n) is 10.2. The predicted molar refractivity (Wildman–Crippen MR) is 108 cm³/mol. The van der Waals surface area contributed by atoms with E-state index in [0.29, 0.717) is 0 Å². The highest BCUT2D eigenvalue weighted by Gasteiger charge is 2.34. The zero-order chi connectivity index (χ0) is 19.5. The number of hydrogen-bond donors (Lipinski definition) is 0. The average molecular weight is 375 g/mol. The number of benzene rings is 2. The molecule has 0 bridgehead atoms. The molecule has 27 heavy (non-hydrogen) atoms. The van der Waals surface area contributed by atoms with Crippen molar-refractivity contribution in [3.8, 4) is 5.75 Å². The summed E-state index contributed by atoms with van der Waals surface area (Å²) in [5, 5.41) is 0. The minimum Gasteiger partial charge on any atom is -0.429 e. The second-order valence-corrected chi connectivity index (χ2v) is 7.35. The molecular formula is C24H32F2O. The van der Waals surface area contributed by atoms with Gasteiger partial charge in [0.25, 0.3) is 0 Å². The molecule has 1 nitrogen and oxygen atoms in total. The van der Waals surface area contributed by atoms with Crippen molar-refractivity contribution in [2.24, 2.45) is 0 Å². The Balaban J connectivity index is 1.74. The molecule has 0 atom stereocenters. The van der Waals surface area contributed by atoms with Crippen molar-refractivity contribution >= 4 is 0 Å². The van der Waals surface area contributed by atoms with Gasteiger partial charge in [0.15, 0.2) is 0 Å². The fourth-order valence-electron chi connectivity index (χ4n) is 3.14. The van der Waals surface area contributed by atoms with Gasteiger partial charge in [0.2, 0.25) is 0 Å². The molecular weight excluding hydrogens is 342 g/mol. The van der Waals surface area contributed by atoms with Crippen LogP contribution >= 0.6 is 0 Å². The molecule has 0 spiro atoms. The van der Waals surface area contributed by atoms with Crippen molar-refractivity contribution in [2.45, 2.75) is 77.7 Å². The normalized spacial score (nSPS) is 11.6. The van der Waals surface area contributed by atoms with Crippen molar-refractivity contribution in [1.29, 1.82) is 0 Å². The Morgan fingerprint density at radius 2 is 1.30 bits per heavy atom. The third-order valence-corrected chi connectivity index (χ3v) is 4.88. The van der Waals surface area contributed by atoms with Crippen LogP contribution in [0.4, 0.5) is 8.78 Å². The molecule has 148 valence electrons. The van der Waals surface area contributed by atoms with Crippen LogP contribution in [0.15, 0.2) is 48.5 Å². The molecule has 0 aromatic heterocycles. The van der Waals surface area contributed by atoms with Crippen LogP contribution in [0, 0.1) is 6.92 Å². The molecule has 0 amide bonds. The number of ether oxygens (including phenoxy) is 1. The van der Waals surface area contributed by atoms with E-state index in [1.807, 2.05) is 19.1 Å². The number of unbranched alkanes of at least 4 members (excludes halogenated alkanes) is 7. The van der Waals surface area contributed by atoms with Crippen LogP contribution in [-0.4, -0.2) is 0 Å². The van der Waals surface area contributed by atoms with Gasteiger partial charge in [-0.25, -0.2) is 0 Å². The lowest BCUT2D eigenvalue weighted by molar-refractivity contribution is -0.185. The van der Waals surface area contributed by atoms with Gasteiger partial charge in [-0.2, -0.15) is 8.78 Å². The highest BCUT2D eigenvalue weighted by Crippen LogP contribution is 2.31. The third kappa shape index (κ3) is 7.70. The molecule has 0 aliphatic carbocycles. The quantitative estimate of drug-likeness (QED) is 0.344. The number of rotatable bonds is 12. The molecule has 0 aliphatic heterocycles. The van der Waals surface area contributed by atoms with E-state index in [4.69, 9.17) is 4.74 Å². The molecule has 2 aromatic rings. The maximum Gasteiger partial charge on any atom is 0.426 e. The largest absolute Gasteiger partial charge is 0.429 e. The van der Waals surface area contributed by atoms with E-state index in [0.717, 1.165) is 18.4 Å². The minimum absolute atomic E-state index is 0.129. The van der Waals surface area contributed by atoms with Crippen LogP contribution in [0.3, 0.4) is 0 Å². The molecule has 0 saturated heterocycles. The molecule has 0 N–H and O–H groups in total. The van der Waals surface area contributed by atoms with Crippen LogP contribution in [0.5, 0.6) is 5.75 Å². The van der Waals surface area contributed by atoms with Crippen LogP contribution in [0.25, 0.3) is 0 Å².